The van der Waals surface area contributed by atoms with Gasteiger partial charge in [0.1, 0.15) is 0 Å². The highest BCUT2D eigenvalue weighted by atomic mass is 28.4. The van der Waals surface area contributed by atoms with Crippen molar-refractivity contribution in [2.75, 3.05) is 13.7 Å². The van der Waals surface area contributed by atoms with Crippen LogP contribution in [-0.4, -0.2) is 46.5 Å². The molecule has 0 bridgehead atoms. The van der Waals surface area contributed by atoms with Gasteiger partial charge < -0.3 is 18.6 Å². The van der Waals surface area contributed by atoms with Gasteiger partial charge in [-0.3, -0.25) is 0 Å². The van der Waals surface area contributed by atoms with Crippen LogP contribution in [0.25, 0.3) is 0 Å². The molecule has 0 unspecified atom stereocenters. The molecule has 1 aliphatic rings. The van der Waals surface area contributed by atoms with Crippen LogP contribution in [-0.2, 0) is 23.4 Å². The lowest BCUT2D eigenvalue weighted by atomic mass is 9.98. The fraction of sp³-hybridized carbons (Fsp3) is 0.824. The van der Waals surface area contributed by atoms with Crippen LogP contribution in [0.5, 0.6) is 0 Å². The number of carbonyl (C=O) groups is 1. The zero-order chi connectivity index (χ0) is 17.8. The Morgan fingerprint density at radius 1 is 1.39 bits per heavy atom. The van der Waals surface area contributed by atoms with Crippen molar-refractivity contribution in [1.82, 2.24) is 0 Å². The first-order valence-corrected chi connectivity index (χ1v) is 11.2. The molecule has 6 heteroatoms. The molecule has 1 heterocycles. The minimum absolute atomic E-state index is 0.114. The van der Waals surface area contributed by atoms with Gasteiger partial charge in [0.05, 0.1) is 18.8 Å². The molecule has 0 aliphatic carbocycles. The van der Waals surface area contributed by atoms with Crippen molar-refractivity contribution in [3.05, 3.63) is 11.6 Å². The first kappa shape index (κ1) is 20.4. The quantitative estimate of drug-likeness (QED) is 0.433. The number of ether oxygens (including phenoxy) is 3. The molecule has 5 nitrogen and oxygen atoms in total. The summed E-state index contributed by atoms with van der Waals surface area (Å²) >= 11 is 0. The predicted molar refractivity (Wildman–Crippen MR) is 92.7 cm³/mol. The summed E-state index contributed by atoms with van der Waals surface area (Å²) in [5.41, 5.74) is 0.807. The van der Waals surface area contributed by atoms with Gasteiger partial charge in [-0.1, -0.05) is 20.8 Å². The van der Waals surface area contributed by atoms with Crippen LogP contribution < -0.4 is 0 Å². The molecule has 0 N–H and O–H groups in total. The van der Waals surface area contributed by atoms with Gasteiger partial charge in [-0.25, -0.2) is 4.79 Å². The highest BCUT2D eigenvalue weighted by molar-refractivity contribution is 6.74. The van der Waals surface area contributed by atoms with Crippen LogP contribution in [0, 0.1) is 0 Å². The van der Waals surface area contributed by atoms with E-state index in [2.05, 4.69) is 33.9 Å². The SMILES string of the molecule is CCOC(=O)/C=C1/[C@H](C)O[C@@H](O[Si](C)(C)C(C)(C)C)C[C@@H]1OC. The number of esters is 1. The Bertz CT molecular complexity index is 439. The summed E-state index contributed by atoms with van der Waals surface area (Å²) < 4.78 is 22.9. The van der Waals surface area contributed by atoms with Crippen LogP contribution >= 0.6 is 0 Å². The zero-order valence-corrected chi connectivity index (χ0v) is 16.8. The maximum absolute atomic E-state index is 11.7. The lowest BCUT2D eigenvalue weighted by molar-refractivity contribution is -0.156. The maximum atomic E-state index is 11.7. The molecule has 0 spiro atoms. The lowest BCUT2D eigenvalue weighted by Gasteiger charge is -2.43. The Morgan fingerprint density at radius 2 is 2.00 bits per heavy atom. The van der Waals surface area contributed by atoms with E-state index in [4.69, 9.17) is 18.6 Å². The summed E-state index contributed by atoms with van der Waals surface area (Å²) in [6, 6.07) is 0. The summed E-state index contributed by atoms with van der Waals surface area (Å²) in [6.07, 6.45) is 1.32. The molecule has 23 heavy (non-hydrogen) atoms. The van der Waals surface area contributed by atoms with Crippen molar-refractivity contribution in [2.45, 2.75) is 77.7 Å². The molecule has 134 valence electrons. The van der Waals surface area contributed by atoms with Crippen LogP contribution in [0.3, 0.4) is 0 Å². The van der Waals surface area contributed by atoms with Gasteiger partial charge in [-0.15, -0.1) is 0 Å². The normalized spacial score (nSPS) is 28.0. The number of hydrogen-bond donors (Lipinski definition) is 0. The first-order chi connectivity index (χ1) is 10.5. The van der Waals surface area contributed by atoms with E-state index in [1.165, 1.54) is 6.08 Å². The van der Waals surface area contributed by atoms with E-state index in [-0.39, 0.29) is 29.5 Å². The Labute approximate surface area is 141 Å². The van der Waals surface area contributed by atoms with Crippen LogP contribution in [0.4, 0.5) is 0 Å². The molecule has 1 rings (SSSR count). The van der Waals surface area contributed by atoms with Crippen molar-refractivity contribution in [3.63, 3.8) is 0 Å². The summed E-state index contributed by atoms with van der Waals surface area (Å²) in [6.45, 7) is 15.1. The van der Waals surface area contributed by atoms with Crippen molar-refractivity contribution >= 4 is 14.3 Å². The van der Waals surface area contributed by atoms with Crippen LogP contribution in [0.2, 0.25) is 18.1 Å². The van der Waals surface area contributed by atoms with E-state index in [0.717, 1.165) is 5.57 Å². The number of hydrogen-bond acceptors (Lipinski definition) is 5. The smallest absolute Gasteiger partial charge is 0.330 e. The molecule has 0 aromatic carbocycles. The van der Waals surface area contributed by atoms with E-state index in [9.17, 15) is 4.79 Å². The standard InChI is InChI=1S/C17H32O5Si/c1-9-20-15(18)10-13-12(2)21-16(11-14(13)19-6)22-23(7,8)17(3,4)5/h10,12,14,16H,9,11H2,1-8H3/b13-10-/t12-,14-,16-/m0/s1. The third kappa shape index (κ3) is 5.41. The van der Waals surface area contributed by atoms with Gasteiger partial charge in [0.15, 0.2) is 14.6 Å². The molecule has 0 radical (unpaired) electrons. The van der Waals surface area contributed by atoms with Crippen molar-refractivity contribution in [2.24, 2.45) is 0 Å². The molecule has 0 amide bonds. The second kappa shape index (κ2) is 7.92. The van der Waals surface area contributed by atoms with E-state index >= 15 is 0 Å². The van der Waals surface area contributed by atoms with Crippen molar-refractivity contribution < 1.29 is 23.4 Å². The highest BCUT2D eigenvalue weighted by Crippen LogP contribution is 2.39. The summed E-state index contributed by atoms with van der Waals surface area (Å²) in [5.74, 6) is -0.358. The van der Waals surface area contributed by atoms with Gasteiger partial charge in [-0.2, -0.15) is 0 Å². The Morgan fingerprint density at radius 3 is 2.48 bits per heavy atom. The third-order valence-electron chi connectivity index (χ3n) is 4.69. The maximum Gasteiger partial charge on any atom is 0.330 e. The molecular formula is C17H32O5Si. The third-order valence-corrected chi connectivity index (χ3v) is 9.16. The summed E-state index contributed by atoms with van der Waals surface area (Å²) in [7, 11) is -0.279. The average molecular weight is 345 g/mol. The number of methoxy groups -OCH3 is 1. The van der Waals surface area contributed by atoms with Crippen LogP contribution in [0.15, 0.2) is 11.6 Å². The molecule has 1 saturated heterocycles. The van der Waals surface area contributed by atoms with Gasteiger partial charge in [0, 0.05) is 19.6 Å². The Kier molecular flexibility index (Phi) is 7.01. The van der Waals surface area contributed by atoms with E-state index in [1.807, 2.05) is 6.92 Å². The molecule has 1 aliphatic heterocycles. The molecule has 0 saturated carbocycles. The van der Waals surface area contributed by atoms with E-state index in [1.54, 1.807) is 14.0 Å². The molecule has 0 aromatic rings. The monoisotopic (exact) mass is 344 g/mol. The predicted octanol–water partition coefficient (Wildman–Crippen LogP) is 3.65. The molecule has 1 fully saturated rings. The topological polar surface area (TPSA) is 54.0 Å². The lowest BCUT2D eigenvalue weighted by Crippen LogP contribution is -2.48. The van der Waals surface area contributed by atoms with Crippen molar-refractivity contribution in [1.29, 1.82) is 0 Å². The van der Waals surface area contributed by atoms with Gasteiger partial charge >= 0.3 is 5.97 Å². The Balaban J connectivity index is 2.86. The van der Waals surface area contributed by atoms with Gasteiger partial charge in [0.25, 0.3) is 0 Å². The van der Waals surface area contributed by atoms with E-state index in [0.29, 0.717) is 13.0 Å². The van der Waals surface area contributed by atoms with Crippen LogP contribution in [0.1, 0.15) is 41.0 Å². The Hall–Kier alpha value is -0.693. The zero-order valence-electron chi connectivity index (χ0n) is 15.8. The number of carbonyl (C=O) groups excluding carboxylic acids is 1. The second-order valence-electron chi connectivity index (χ2n) is 7.44. The fourth-order valence-electron chi connectivity index (χ4n) is 2.28. The molecule has 0 aromatic heterocycles. The minimum atomic E-state index is -1.92. The molecular weight excluding hydrogens is 312 g/mol. The van der Waals surface area contributed by atoms with Gasteiger partial charge in [0.2, 0.25) is 0 Å². The second-order valence-corrected chi connectivity index (χ2v) is 12.2. The summed E-state index contributed by atoms with van der Waals surface area (Å²) in [4.78, 5) is 11.7. The van der Waals surface area contributed by atoms with Crippen molar-refractivity contribution in [3.8, 4) is 0 Å². The summed E-state index contributed by atoms with van der Waals surface area (Å²) in [5, 5.41) is 0.114. The highest BCUT2D eigenvalue weighted by Gasteiger charge is 2.42. The van der Waals surface area contributed by atoms with Gasteiger partial charge in [-0.05, 0) is 37.6 Å². The fourth-order valence-corrected chi connectivity index (χ4v) is 3.44. The largest absolute Gasteiger partial charge is 0.463 e. The minimum Gasteiger partial charge on any atom is -0.463 e. The number of rotatable bonds is 5. The first-order valence-electron chi connectivity index (χ1n) is 8.26. The molecule has 3 atom stereocenters. The average Bonchev–Trinajstić information content (AvgIpc) is 2.40. The van der Waals surface area contributed by atoms with E-state index < -0.39 is 8.32 Å².